The van der Waals surface area contributed by atoms with Crippen molar-refractivity contribution in [3.63, 3.8) is 0 Å². The first-order valence-electron chi connectivity index (χ1n) is 11.7. The first kappa shape index (κ1) is 29.9. The maximum Gasteiger partial charge on any atom is 0.573 e. The molecule has 0 saturated carbocycles. The second-order valence-corrected chi connectivity index (χ2v) is 8.56. The Labute approximate surface area is 227 Å². The Bertz CT molecular complexity index is 1360. The van der Waals surface area contributed by atoms with Crippen molar-refractivity contribution in [2.24, 2.45) is 7.05 Å². The van der Waals surface area contributed by atoms with Crippen LogP contribution in [0.15, 0.2) is 58.1 Å². The van der Waals surface area contributed by atoms with Crippen LogP contribution in [0.25, 0.3) is 0 Å². The first-order valence-corrected chi connectivity index (χ1v) is 12.1. The van der Waals surface area contributed by atoms with E-state index in [2.05, 4.69) is 10.1 Å². The number of anilines is 2. The van der Waals surface area contributed by atoms with Crippen LogP contribution in [0, 0.1) is 0 Å². The van der Waals surface area contributed by atoms with Crippen LogP contribution in [0.5, 0.6) is 11.5 Å². The van der Waals surface area contributed by atoms with E-state index in [-0.39, 0.29) is 43.6 Å². The van der Waals surface area contributed by atoms with Crippen molar-refractivity contribution in [2.45, 2.75) is 19.5 Å². The standard InChI is InChI=1S/C25H28ClF3N4O6/c1-30-22-21(23(34)32(24(35)31(22)2)11-12-37-14-13-36-3)33(16-17-7-9-18(26)10-8-17)39-20-6-4-5-19(15-20)38-25(27,28)29/h4-10,15,30H,11-14,16H2,1-3H3. The third kappa shape index (κ3) is 8.15. The number of nitrogens with zero attached hydrogens (tertiary/aromatic N) is 3. The molecule has 0 saturated heterocycles. The van der Waals surface area contributed by atoms with Gasteiger partial charge in [0, 0.05) is 32.3 Å². The maximum absolute atomic E-state index is 13.7. The smallest absolute Gasteiger partial charge is 0.406 e. The number of halogens is 4. The van der Waals surface area contributed by atoms with Crippen molar-refractivity contribution in [3.05, 3.63) is 80.0 Å². The van der Waals surface area contributed by atoms with Gasteiger partial charge in [0.1, 0.15) is 11.6 Å². The molecule has 212 valence electrons. The average Bonchev–Trinajstić information content (AvgIpc) is 2.88. The average molecular weight is 573 g/mol. The molecule has 1 aromatic heterocycles. The van der Waals surface area contributed by atoms with Gasteiger partial charge in [-0.2, -0.15) is 5.06 Å². The van der Waals surface area contributed by atoms with Crippen LogP contribution in [0.2, 0.25) is 5.02 Å². The second kappa shape index (κ2) is 13.4. The number of alkyl halides is 3. The van der Waals surface area contributed by atoms with Gasteiger partial charge in [0.15, 0.2) is 11.4 Å². The SMILES string of the molecule is CNc1c(N(Cc2ccc(Cl)cc2)Oc2cccc(OC(F)(F)F)c2)c(=O)n(CCOCCOC)c(=O)n1C. The van der Waals surface area contributed by atoms with E-state index in [4.69, 9.17) is 25.9 Å². The van der Waals surface area contributed by atoms with Gasteiger partial charge < -0.3 is 24.4 Å². The summed E-state index contributed by atoms with van der Waals surface area (Å²) in [4.78, 5) is 32.6. The lowest BCUT2D eigenvalue weighted by atomic mass is 10.2. The summed E-state index contributed by atoms with van der Waals surface area (Å²) in [5.41, 5.74) is -0.703. The maximum atomic E-state index is 13.7. The molecular weight excluding hydrogens is 545 g/mol. The molecule has 0 aliphatic heterocycles. The van der Waals surface area contributed by atoms with E-state index >= 15 is 0 Å². The van der Waals surface area contributed by atoms with Gasteiger partial charge in [-0.3, -0.25) is 13.9 Å². The van der Waals surface area contributed by atoms with E-state index < -0.39 is 23.4 Å². The van der Waals surface area contributed by atoms with Crippen LogP contribution in [-0.2, 0) is 29.6 Å². The van der Waals surface area contributed by atoms with Crippen LogP contribution in [0.1, 0.15) is 5.56 Å². The van der Waals surface area contributed by atoms with Gasteiger partial charge in [0.25, 0.3) is 5.56 Å². The van der Waals surface area contributed by atoms with Gasteiger partial charge in [-0.25, -0.2) is 4.79 Å². The fourth-order valence-corrected chi connectivity index (χ4v) is 3.75. The first-order chi connectivity index (χ1) is 18.5. The normalized spacial score (nSPS) is 11.4. The molecule has 0 aliphatic carbocycles. The van der Waals surface area contributed by atoms with Gasteiger partial charge in [0.05, 0.1) is 32.9 Å². The van der Waals surface area contributed by atoms with Crippen molar-refractivity contribution in [1.82, 2.24) is 9.13 Å². The van der Waals surface area contributed by atoms with Crippen LogP contribution >= 0.6 is 11.6 Å². The van der Waals surface area contributed by atoms with Gasteiger partial charge in [0.2, 0.25) is 0 Å². The summed E-state index contributed by atoms with van der Waals surface area (Å²) in [6.07, 6.45) is -4.91. The van der Waals surface area contributed by atoms with Crippen LogP contribution in [0.4, 0.5) is 24.7 Å². The fourth-order valence-electron chi connectivity index (χ4n) is 3.63. The minimum atomic E-state index is -4.91. The van der Waals surface area contributed by atoms with E-state index in [1.165, 1.54) is 43.0 Å². The summed E-state index contributed by atoms with van der Waals surface area (Å²) >= 11 is 6.01. The Hall–Kier alpha value is -3.68. The molecule has 0 radical (unpaired) electrons. The molecule has 0 unspecified atom stereocenters. The summed E-state index contributed by atoms with van der Waals surface area (Å²) in [7, 11) is 4.51. The molecule has 10 nitrogen and oxygen atoms in total. The summed E-state index contributed by atoms with van der Waals surface area (Å²) in [6.45, 7) is 0.585. The van der Waals surface area contributed by atoms with Crippen molar-refractivity contribution in [3.8, 4) is 11.5 Å². The highest BCUT2D eigenvalue weighted by atomic mass is 35.5. The Morgan fingerprint density at radius 2 is 1.72 bits per heavy atom. The quantitative estimate of drug-likeness (QED) is 0.244. The minimum absolute atomic E-state index is 0.0337. The Morgan fingerprint density at radius 3 is 2.36 bits per heavy atom. The minimum Gasteiger partial charge on any atom is -0.406 e. The molecular formula is C25H28ClF3N4O6. The molecule has 0 aliphatic rings. The van der Waals surface area contributed by atoms with E-state index in [9.17, 15) is 22.8 Å². The molecule has 39 heavy (non-hydrogen) atoms. The lowest BCUT2D eigenvalue weighted by Gasteiger charge is -2.27. The molecule has 0 atom stereocenters. The lowest BCUT2D eigenvalue weighted by molar-refractivity contribution is -0.274. The molecule has 0 amide bonds. The highest BCUT2D eigenvalue weighted by Gasteiger charge is 2.31. The number of nitrogens with one attached hydrogen (secondary N) is 1. The molecule has 3 aromatic rings. The highest BCUT2D eigenvalue weighted by Crippen LogP contribution is 2.29. The number of hydrogen-bond acceptors (Lipinski definition) is 8. The zero-order chi connectivity index (χ0) is 28.6. The number of rotatable bonds is 13. The predicted octanol–water partition coefficient (Wildman–Crippen LogP) is 3.80. The van der Waals surface area contributed by atoms with Gasteiger partial charge >= 0.3 is 12.1 Å². The van der Waals surface area contributed by atoms with Crippen molar-refractivity contribution in [1.29, 1.82) is 0 Å². The summed E-state index contributed by atoms with van der Waals surface area (Å²) < 4.78 is 54.9. The Balaban J connectivity index is 2.08. The van der Waals surface area contributed by atoms with E-state index in [1.807, 2.05) is 0 Å². The third-order valence-corrected chi connectivity index (χ3v) is 5.65. The second-order valence-electron chi connectivity index (χ2n) is 8.13. The number of ether oxygens (including phenoxy) is 3. The molecule has 1 N–H and O–H groups in total. The summed E-state index contributed by atoms with van der Waals surface area (Å²) in [5.74, 6) is -0.431. The molecule has 0 spiro atoms. The molecule has 3 rings (SSSR count). The summed E-state index contributed by atoms with van der Waals surface area (Å²) in [6, 6.07) is 11.5. The van der Waals surface area contributed by atoms with E-state index in [0.29, 0.717) is 17.2 Å². The number of methoxy groups -OCH3 is 1. The van der Waals surface area contributed by atoms with Crippen molar-refractivity contribution >= 4 is 23.1 Å². The number of aromatic nitrogens is 2. The zero-order valence-electron chi connectivity index (χ0n) is 21.5. The van der Waals surface area contributed by atoms with Crippen LogP contribution in [0.3, 0.4) is 0 Å². The van der Waals surface area contributed by atoms with Gasteiger partial charge in [-0.15, -0.1) is 13.2 Å². The van der Waals surface area contributed by atoms with E-state index in [0.717, 1.165) is 16.7 Å². The molecule has 1 heterocycles. The fraction of sp³-hybridized carbons (Fsp3) is 0.360. The largest absolute Gasteiger partial charge is 0.573 e. The topological polar surface area (TPSA) is 96.2 Å². The van der Waals surface area contributed by atoms with E-state index in [1.54, 1.807) is 24.3 Å². The zero-order valence-corrected chi connectivity index (χ0v) is 22.2. The number of benzene rings is 2. The van der Waals surface area contributed by atoms with Crippen molar-refractivity contribution < 1.29 is 32.2 Å². The van der Waals surface area contributed by atoms with Gasteiger partial charge in [-0.05, 0) is 29.8 Å². The number of hydrogen-bond donors (Lipinski definition) is 1. The number of hydroxylamine groups is 1. The third-order valence-electron chi connectivity index (χ3n) is 5.40. The molecule has 14 heteroatoms. The van der Waals surface area contributed by atoms with Crippen molar-refractivity contribution in [2.75, 3.05) is 44.4 Å². The van der Waals surface area contributed by atoms with Gasteiger partial charge in [-0.1, -0.05) is 29.8 Å². The Morgan fingerprint density at radius 1 is 1.03 bits per heavy atom. The molecule has 0 fully saturated rings. The molecule has 0 bridgehead atoms. The van der Waals surface area contributed by atoms with Crippen LogP contribution in [-0.4, -0.2) is 49.5 Å². The Kier molecular flexibility index (Phi) is 10.3. The predicted molar refractivity (Wildman–Crippen MR) is 140 cm³/mol. The monoisotopic (exact) mass is 572 g/mol. The highest BCUT2D eigenvalue weighted by molar-refractivity contribution is 6.30. The summed E-state index contributed by atoms with van der Waals surface area (Å²) in [5, 5.41) is 4.52. The lowest BCUT2D eigenvalue weighted by Crippen LogP contribution is -2.45. The molecule has 2 aromatic carbocycles. The van der Waals surface area contributed by atoms with Crippen LogP contribution < -0.4 is 31.2 Å².